The van der Waals surface area contributed by atoms with Gasteiger partial charge < -0.3 is 15.3 Å². The van der Waals surface area contributed by atoms with E-state index in [1.807, 2.05) is 20.8 Å². The molecule has 2 unspecified atom stereocenters. The summed E-state index contributed by atoms with van der Waals surface area (Å²) < 4.78 is 0. The summed E-state index contributed by atoms with van der Waals surface area (Å²) in [6.45, 7) is 6.19. The summed E-state index contributed by atoms with van der Waals surface area (Å²) >= 11 is 0. The van der Waals surface area contributed by atoms with Crippen molar-refractivity contribution < 1.29 is 19.5 Å². The Morgan fingerprint density at radius 1 is 1.17 bits per heavy atom. The molecule has 2 amide bonds. The Hall–Kier alpha value is -2.37. The normalized spacial score (nSPS) is 20.8. The number of rotatable bonds is 4. The van der Waals surface area contributed by atoms with Gasteiger partial charge in [-0.2, -0.15) is 0 Å². The van der Waals surface area contributed by atoms with Crippen molar-refractivity contribution in [2.45, 2.75) is 45.7 Å². The van der Waals surface area contributed by atoms with E-state index in [1.165, 1.54) is 4.90 Å². The molecule has 0 aromatic heterocycles. The molecule has 1 aliphatic heterocycles. The van der Waals surface area contributed by atoms with Gasteiger partial charge in [-0.15, -0.1) is 0 Å². The van der Waals surface area contributed by atoms with Gasteiger partial charge in [0.25, 0.3) is 11.8 Å². The summed E-state index contributed by atoms with van der Waals surface area (Å²) in [6.07, 6.45) is 1.26. The zero-order chi connectivity index (χ0) is 17.9. The van der Waals surface area contributed by atoms with Crippen LogP contribution >= 0.6 is 0 Å². The predicted molar refractivity (Wildman–Crippen MR) is 89.9 cm³/mol. The topological polar surface area (TPSA) is 86.7 Å². The molecule has 0 spiro atoms. The second-order valence-corrected chi connectivity index (χ2v) is 6.69. The highest BCUT2D eigenvalue weighted by molar-refractivity contribution is 5.99. The number of nitrogens with zero attached hydrogens (tertiary/aromatic N) is 1. The van der Waals surface area contributed by atoms with Crippen molar-refractivity contribution in [3.8, 4) is 0 Å². The molecule has 2 atom stereocenters. The first-order valence-corrected chi connectivity index (χ1v) is 8.24. The van der Waals surface area contributed by atoms with E-state index in [9.17, 15) is 19.5 Å². The average Bonchev–Trinajstić information content (AvgIpc) is 2.53. The average molecular weight is 332 g/mol. The van der Waals surface area contributed by atoms with Crippen LogP contribution in [-0.2, 0) is 4.79 Å². The highest BCUT2D eigenvalue weighted by atomic mass is 16.4. The van der Waals surface area contributed by atoms with Gasteiger partial charge in [-0.25, -0.2) is 4.79 Å². The predicted octanol–water partition coefficient (Wildman–Crippen LogP) is 2.15. The molecule has 0 bridgehead atoms. The Kier molecular flexibility index (Phi) is 5.59. The summed E-state index contributed by atoms with van der Waals surface area (Å²) in [4.78, 5) is 37.4. The third kappa shape index (κ3) is 4.13. The van der Waals surface area contributed by atoms with Gasteiger partial charge in [0.05, 0.1) is 0 Å². The number of likely N-dealkylation sites (tertiary alicyclic amines) is 1. The van der Waals surface area contributed by atoms with E-state index in [1.54, 1.807) is 24.3 Å². The fraction of sp³-hybridized carbons (Fsp3) is 0.500. The SMILES string of the molecule is CC1CCN(C(=O)c2ccc(C(=O)NC(C)C)cc2)C(C(=O)O)C1. The molecule has 1 saturated heterocycles. The van der Waals surface area contributed by atoms with Crippen LogP contribution in [0.1, 0.15) is 54.3 Å². The fourth-order valence-corrected chi connectivity index (χ4v) is 2.89. The zero-order valence-electron chi connectivity index (χ0n) is 14.3. The first-order valence-electron chi connectivity index (χ1n) is 8.24. The minimum atomic E-state index is -0.970. The molecule has 2 N–H and O–H groups in total. The Morgan fingerprint density at radius 2 is 1.75 bits per heavy atom. The Balaban J connectivity index is 2.14. The van der Waals surface area contributed by atoms with Crippen LogP contribution in [0.4, 0.5) is 0 Å². The largest absolute Gasteiger partial charge is 0.480 e. The highest BCUT2D eigenvalue weighted by Gasteiger charge is 2.35. The molecule has 0 saturated carbocycles. The first kappa shape index (κ1) is 18.0. The number of carboxylic acid groups (broad SMARTS) is 1. The Morgan fingerprint density at radius 3 is 2.29 bits per heavy atom. The van der Waals surface area contributed by atoms with E-state index in [-0.39, 0.29) is 23.8 Å². The molecule has 6 nitrogen and oxygen atoms in total. The van der Waals surface area contributed by atoms with E-state index in [2.05, 4.69) is 5.32 Å². The highest BCUT2D eigenvalue weighted by Crippen LogP contribution is 2.24. The molecule has 0 aliphatic carbocycles. The second kappa shape index (κ2) is 7.47. The summed E-state index contributed by atoms with van der Waals surface area (Å²) in [6, 6.07) is 5.58. The third-order valence-corrected chi connectivity index (χ3v) is 4.22. The van der Waals surface area contributed by atoms with Gasteiger partial charge in [-0.1, -0.05) is 6.92 Å². The van der Waals surface area contributed by atoms with Gasteiger partial charge in [-0.05, 0) is 56.9 Å². The van der Waals surface area contributed by atoms with Crippen LogP contribution < -0.4 is 5.32 Å². The van der Waals surface area contributed by atoms with Crippen molar-refractivity contribution in [1.82, 2.24) is 10.2 Å². The van der Waals surface area contributed by atoms with Crippen LogP contribution in [0.25, 0.3) is 0 Å². The number of amides is 2. The van der Waals surface area contributed by atoms with Gasteiger partial charge >= 0.3 is 5.97 Å². The van der Waals surface area contributed by atoms with E-state index < -0.39 is 12.0 Å². The van der Waals surface area contributed by atoms with Crippen molar-refractivity contribution in [3.05, 3.63) is 35.4 Å². The van der Waals surface area contributed by atoms with Crippen molar-refractivity contribution >= 4 is 17.8 Å². The smallest absolute Gasteiger partial charge is 0.326 e. The van der Waals surface area contributed by atoms with Crippen molar-refractivity contribution in [2.75, 3.05) is 6.54 Å². The molecule has 1 aromatic rings. The molecule has 6 heteroatoms. The number of hydrogen-bond donors (Lipinski definition) is 2. The molecule has 1 heterocycles. The summed E-state index contributed by atoms with van der Waals surface area (Å²) in [7, 11) is 0. The van der Waals surface area contributed by atoms with E-state index >= 15 is 0 Å². The molecular formula is C18H24N2O4. The van der Waals surface area contributed by atoms with Crippen LogP contribution in [0.2, 0.25) is 0 Å². The maximum Gasteiger partial charge on any atom is 0.326 e. The van der Waals surface area contributed by atoms with Crippen molar-refractivity contribution in [1.29, 1.82) is 0 Å². The summed E-state index contributed by atoms with van der Waals surface area (Å²) in [5.74, 6) is -1.18. The number of carbonyl (C=O) groups excluding carboxylic acids is 2. The lowest BCUT2D eigenvalue weighted by atomic mass is 9.92. The lowest BCUT2D eigenvalue weighted by Crippen LogP contribution is -2.49. The number of nitrogens with one attached hydrogen (secondary N) is 1. The van der Waals surface area contributed by atoms with Crippen LogP contribution in [-0.4, -0.2) is 46.4 Å². The fourth-order valence-electron chi connectivity index (χ4n) is 2.89. The number of carbonyl (C=O) groups is 3. The van der Waals surface area contributed by atoms with Crippen LogP contribution in [0.3, 0.4) is 0 Å². The Bertz CT molecular complexity index is 624. The van der Waals surface area contributed by atoms with Gasteiger partial charge in [0.1, 0.15) is 6.04 Å². The third-order valence-electron chi connectivity index (χ3n) is 4.22. The molecule has 130 valence electrons. The molecule has 24 heavy (non-hydrogen) atoms. The molecule has 1 fully saturated rings. The van der Waals surface area contributed by atoms with Gasteiger partial charge in [0.2, 0.25) is 0 Å². The van der Waals surface area contributed by atoms with E-state index in [0.29, 0.717) is 24.1 Å². The van der Waals surface area contributed by atoms with Gasteiger partial charge in [0, 0.05) is 23.7 Å². The van der Waals surface area contributed by atoms with Crippen LogP contribution in [0, 0.1) is 5.92 Å². The summed E-state index contributed by atoms with van der Waals surface area (Å²) in [5.41, 5.74) is 0.874. The number of piperidine rings is 1. The van der Waals surface area contributed by atoms with Crippen LogP contribution in [0.5, 0.6) is 0 Å². The van der Waals surface area contributed by atoms with Crippen molar-refractivity contribution in [3.63, 3.8) is 0 Å². The molecule has 0 radical (unpaired) electrons. The zero-order valence-corrected chi connectivity index (χ0v) is 14.3. The number of benzene rings is 1. The maximum absolute atomic E-state index is 12.6. The monoisotopic (exact) mass is 332 g/mol. The molecule has 1 aromatic carbocycles. The van der Waals surface area contributed by atoms with E-state index in [4.69, 9.17) is 0 Å². The maximum atomic E-state index is 12.6. The van der Waals surface area contributed by atoms with Gasteiger partial charge in [-0.3, -0.25) is 9.59 Å². The van der Waals surface area contributed by atoms with E-state index in [0.717, 1.165) is 6.42 Å². The number of aliphatic carboxylic acids is 1. The molecular weight excluding hydrogens is 308 g/mol. The minimum absolute atomic E-state index is 0.0328. The minimum Gasteiger partial charge on any atom is -0.480 e. The number of hydrogen-bond acceptors (Lipinski definition) is 3. The summed E-state index contributed by atoms with van der Waals surface area (Å²) in [5, 5.41) is 12.2. The van der Waals surface area contributed by atoms with Gasteiger partial charge in [0.15, 0.2) is 0 Å². The molecule has 1 aliphatic rings. The Labute approximate surface area is 141 Å². The quantitative estimate of drug-likeness (QED) is 0.884. The lowest BCUT2D eigenvalue weighted by Gasteiger charge is -2.36. The standard InChI is InChI=1S/C18H24N2O4/c1-11(2)19-16(21)13-4-6-14(7-5-13)17(22)20-9-8-12(3)10-15(20)18(23)24/h4-7,11-12,15H,8-10H2,1-3H3,(H,19,21)(H,23,24). The lowest BCUT2D eigenvalue weighted by molar-refractivity contribution is -0.144. The van der Waals surface area contributed by atoms with Crippen LogP contribution in [0.15, 0.2) is 24.3 Å². The first-order chi connectivity index (χ1) is 11.3. The van der Waals surface area contributed by atoms with Crippen molar-refractivity contribution in [2.24, 2.45) is 5.92 Å². The molecule has 2 rings (SSSR count). The number of carboxylic acids is 1. The second-order valence-electron chi connectivity index (χ2n) is 6.69.